The van der Waals surface area contributed by atoms with E-state index >= 15 is 0 Å². The quantitative estimate of drug-likeness (QED) is 0.700. The highest BCUT2D eigenvalue weighted by atomic mass is 16.6. The van der Waals surface area contributed by atoms with Gasteiger partial charge in [-0.15, -0.1) is 0 Å². The minimum Gasteiger partial charge on any atom is -0.461 e. The number of carbonyl (C=O) groups is 2. The van der Waals surface area contributed by atoms with Crippen LogP contribution in [0.4, 0.5) is 0 Å². The zero-order valence-electron chi connectivity index (χ0n) is 13.1. The van der Waals surface area contributed by atoms with Gasteiger partial charge in [0.1, 0.15) is 6.61 Å². The highest BCUT2D eigenvalue weighted by Gasteiger charge is 2.30. The predicted octanol–water partition coefficient (Wildman–Crippen LogP) is 3.50. The van der Waals surface area contributed by atoms with Gasteiger partial charge in [0.25, 0.3) is 0 Å². The van der Waals surface area contributed by atoms with E-state index in [-0.39, 0.29) is 36.3 Å². The van der Waals surface area contributed by atoms with Gasteiger partial charge in [-0.3, -0.25) is 9.59 Å². The number of hydrogen-bond acceptors (Lipinski definition) is 4. The van der Waals surface area contributed by atoms with Crippen molar-refractivity contribution in [1.29, 1.82) is 0 Å². The molecule has 4 heteroatoms. The highest BCUT2D eigenvalue weighted by Crippen LogP contribution is 2.32. The Labute approximate surface area is 122 Å². The van der Waals surface area contributed by atoms with E-state index in [0.29, 0.717) is 6.10 Å². The lowest BCUT2D eigenvalue weighted by Crippen LogP contribution is -2.29. The second-order valence-electron chi connectivity index (χ2n) is 6.14. The zero-order valence-corrected chi connectivity index (χ0v) is 13.1. The molecule has 1 fully saturated rings. The monoisotopic (exact) mass is 283 g/mol. The van der Waals surface area contributed by atoms with E-state index in [4.69, 9.17) is 9.47 Å². The summed E-state index contributed by atoms with van der Waals surface area (Å²) in [4.78, 5) is 23.4. The molecule has 0 aromatic heterocycles. The minimum absolute atomic E-state index is 0.111. The summed E-state index contributed by atoms with van der Waals surface area (Å²) in [5.41, 5.74) is 0. The fourth-order valence-corrected chi connectivity index (χ4v) is 2.21. The average molecular weight is 283 g/mol. The lowest BCUT2D eigenvalue weighted by molar-refractivity contribution is -0.157. The Kier molecular flexibility index (Phi) is 7.03. The van der Waals surface area contributed by atoms with Crippen molar-refractivity contribution in [3.63, 3.8) is 0 Å². The topological polar surface area (TPSA) is 52.6 Å². The van der Waals surface area contributed by atoms with Crippen molar-refractivity contribution >= 4 is 11.9 Å². The summed E-state index contributed by atoms with van der Waals surface area (Å²) >= 11 is 0. The lowest BCUT2D eigenvalue weighted by atomic mass is 9.85. The third-order valence-electron chi connectivity index (χ3n) is 3.59. The highest BCUT2D eigenvalue weighted by molar-refractivity contribution is 5.73. The Balaban J connectivity index is 2.58. The van der Waals surface area contributed by atoms with Crippen LogP contribution in [-0.4, -0.2) is 18.5 Å². The van der Waals surface area contributed by atoms with Crippen molar-refractivity contribution in [2.24, 2.45) is 17.8 Å². The first-order valence-electron chi connectivity index (χ1n) is 7.65. The van der Waals surface area contributed by atoms with Crippen LogP contribution < -0.4 is 0 Å². The molecule has 0 atom stereocenters. The van der Waals surface area contributed by atoms with Gasteiger partial charge >= 0.3 is 11.9 Å². The minimum atomic E-state index is -0.251. The maximum absolute atomic E-state index is 11.8. The Morgan fingerprint density at radius 2 is 1.50 bits per heavy atom. The largest absolute Gasteiger partial charge is 0.461 e. The molecular formula is C16H27O4. The van der Waals surface area contributed by atoms with Gasteiger partial charge in [-0.1, -0.05) is 47.0 Å². The van der Waals surface area contributed by atoms with Crippen molar-refractivity contribution in [3.05, 3.63) is 6.10 Å². The van der Waals surface area contributed by atoms with Crippen molar-refractivity contribution in [3.8, 4) is 0 Å². The fraction of sp³-hybridized carbons (Fsp3) is 0.812. The van der Waals surface area contributed by atoms with Crippen molar-refractivity contribution in [1.82, 2.24) is 0 Å². The van der Waals surface area contributed by atoms with Crippen LogP contribution in [0, 0.1) is 23.9 Å². The third kappa shape index (κ3) is 5.51. The molecule has 1 radical (unpaired) electrons. The molecule has 1 rings (SSSR count). The van der Waals surface area contributed by atoms with E-state index in [0.717, 1.165) is 25.7 Å². The third-order valence-corrected chi connectivity index (χ3v) is 3.59. The van der Waals surface area contributed by atoms with Crippen LogP contribution in [0.3, 0.4) is 0 Å². The van der Waals surface area contributed by atoms with Gasteiger partial charge in [-0.05, 0) is 12.8 Å². The second kappa shape index (κ2) is 8.28. The van der Waals surface area contributed by atoms with E-state index in [1.807, 2.05) is 0 Å². The molecule has 115 valence electrons. The SMILES string of the molecule is CC(C)C(=O)OC[C](OC(=O)C(C)C)C1CCCCC1. The van der Waals surface area contributed by atoms with Gasteiger partial charge in [0, 0.05) is 5.92 Å². The van der Waals surface area contributed by atoms with Crippen LogP contribution in [0.5, 0.6) is 0 Å². The molecule has 0 aliphatic heterocycles. The first kappa shape index (κ1) is 17.0. The summed E-state index contributed by atoms with van der Waals surface area (Å²) in [6.45, 7) is 7.31. The van der Waals surface area contributed by atoms with Crippen molar-refractivity contribution in [2.45, 2.75) is 59.8 Å². The molecule has 1 aliphatic rings. The molecule has 0 heterocycles. The number of esters is 2. The second-order valence-corrected chi connectivity index (χ2v) is 6.14. The van der Waals surface area contributed by atoms with Crippen LogP contribution >= 0.6 is 0 Å². The molecule has 0 aromatic carbocycles. The smallest absolute Gasteiger partial charge is 0.309 e. The fourth-order valence-electron chi connectivity index (χ4n) is 2.21. The summed E-state index contributed by atoms with van der Waals surface area (Å²) < 4.78 is 10.7. The molecule has 4 nitrogen and oxygen atoms in total. The van der Waals surface area contributed by atoms with E-state index in [1.54, 1.807) is 27.7 Å². The predicted molar refractivity (Wildman–Crippen MR) is 76.5 cm³/mol. The molecule has 1 saturated carbocycles. The summed E-state index contributed by atoms with van der Waals surface area (Å²) in [6, 6.07) is 0. The van der Waals surface area contributed by atoms with E-state index < -0.39 is 0 Å². The number of ether oxygens (including phenoxy) is 2. The van der Waals surface area contributed by atoms with Gasteiger partial charge in [-0.2, -0.15) is 0 Å². The molecule has 0 bridgehead atoms. The van der Waals surface area contributed by atoms with Gasteiger partial charge < -0.3 is 9.47 Å². The summed E-state index contributed by atoms with van der Waals surface area (Å²) in [6.07, 6.45) is 6.18. The number of rotatable bonds is 6. The maximum atomic E-state index is 11.8. The van der Waals surface area contributed by atoms with Gasteiger partial charge in [0.05, 0.1) is 11.8 Å². The molecule has 0 aromatic rings. The number of hydrogen-bond donors (Lipinski definition) is 0. The van der Waals surface area contributed by atoms with E-state index in [9.17, 15) is 9.59 Å². The average Bonchev–Trinajstić information content (AvgIpc) is 2.43. The molecule has 0 N–H and O–H groups in total. The first-order valence-corrected chi connectivity index (χ1v) is 7.65. The lowest BCUT2D eigenvalue weighted by Gasteiger charge is -2.29. The molecule has 0 amide bonds. The number of carbonyl (C=O) groups excluding carboxylic acids is 2. The summed E-state index contributed by atoms with van der Waals surface area (Å²) in [7, 11) is 0. The molecular weight excluding hydrogens is 256 g/mol. The molecule has 0 spiro atoms. The van der Waals surface area contributed by atoms with Gasteiger partial charge in [0.15, 0.2) is 6.10 Å². The van der Waals surface area contributed by atoms with Crippen LogP contribution in [0.1, 0.15) is 59.8 Å². The maximum Gasteiger partial charge on any atom is 0.309 e. The normalized spacial score (nSPS) is 16.8. The van der Waals surface area contributed by atoms with Crippen LogP contribution in [0.25, 0.3) is 0 Å². The van der Waals surface area contributed by atoms with E-state index in [1.165, 1.54) is 6.42 Å². The summed E-state index contributed by atoms with van der Waals surface area (Å²) in [5, 5.41) is 0. The molecule has 1 aliphatic carbocycles. The Hall–Kier alpha value is -1.06. The molecule has 0 saturated heterocycles. The standard InChI is InChI=1S/C16H27O4/c1-11(2)15(17)19-10-14(20-16(18)12(3)4)13-8-6-5-7-9-13/h11-13H,5-10H2,1-4H3. The van der Waals surface area contributed by atoms with E-state index in [2.05, 4.69) is 0 Å². The van der Waals surface area contributed by atoms with Crippen LogP contribution in [0.2, 0.25) is 0 Å². The zero-order chi connectivity index (χ0) is 15.1. The van der Waals surface area contributed by atoms with Crippen LogP contribution in [0.15, 0.2) is 0 Å². The van der Waals surface area contributed by atoms with Crippen molar-refractivity contribution in [2.75, 3.05) is 6.61 Å². The molecule has 0 unspecified atom stereocenters. The Bertz CT molecular complexity index is 316. The Morgan fingerprint density at radius 3 is 2.00 bits per heavy atom. The Morgan fingerprint density at radius 1 is 0.950 bits per heavy atom. The summed E-state index contributed by atoms with van der Waals surface area (Å²) in [5.74, 6) is -0.589. The van der Waals surface area contributed by atoms with Gasteiger partial charge in [-0.25, -0.2) is 0 Å². The first-order chi connectivity index (χ1) is 9.41. The molecule has 20 heavy (non-hydrogen) atoms. The van der Waals surface area contributed by atoms with Crippen molar-refractivity contribution < 1.29 is 19.1 Å². The van der Waals surface area contributed by atoms with Gasteiger partial charge in [0.2, 0.25) is 0 Å². The van der Waals surface area contributed by atoms with Crippen LogP contribution in [-0.2, 0) is 19.1 Å².